The number of nitrogens with zero attached hydrogens (tertiary/aromatic N) is 2. The van der Waals surface area contributed by atoms with Crippen molar-refractivity contribution in [1.82, 2.24) is 4.98 Å². The highest BCUT2D eigenvalue weighted by Gasteiger charge is 2.19. The Balaban J connectivity index is 2.37. The number of hydrogen-bond acceptors (Lipinski definition) is 6. The lowest BCUT2D eigenvalue weighted by molar-refractivity contribution is -0.141. The lowest BCUT2D eigenvalue weighted by atomic mass is 10.2. The molecule has 0 bridgehead atoms. The quantitative estimate of drug-likeness (QED) is 0.760. The SMILES string of the molecule is CCOC(=O)CN(c1nccs1)c1cc(OC)ccc1Cl. The molecule has 21 heavy (non-hydrogen) atoms. The predicted octanol–water partition coefficient (Wildman–Crippen LogP) is 3.51. The third-order valence-corrected chi connectivity index (χ3v) is 3.80. The summed E-state index contributed by atoms with van der Waals surface area (Å²) >= 11 is 7.67. The Kier molecular flexibility index (Phi) is 5.41. The zero-order valence-electron chi connectivity index (χ0n) is 11.7. The van der Waals surface area contributed by atoms with Crippen molar-refractivity contribution in [2.24, 2.45) is 0 Å². The van der Waals surface area contributed by atoms with Crippen molar-refractivity contribution >= 4 is 39.7 Å². The summed E-state index contributed by atoms with van der Waals surface area (Å²) in [5.74, 6) is 0.311. The number of thiazole rings is 1. The Hall–Kier alpha value is -1.79. The maximum absolute atomic E-state index is 11.8. The molecular weight excluding hydrogens is 312 g/mol. The molecule has 0 saturated heterocycles. The molecule has 0 aliphatic rings. The van der Waals surface area contributed by atoms with Crippen LogP contribution >= 0.6 is 22.9 Å². The zero-order chi connectivity index (χ0) is 15.2. The van der Waals surface area contributed by atoms with Gasteiger partial charge in [0, 0.05) is 17.6 Å². The third kappa shape index (κ3) is 3.86. The fourth-order valence-electron chi connectivity index (χ4n) is 1.77. The fourth-order valence-corrected chi connectivity index (χ4v) is 2.64. The Morgan fingerprint density at radius 2 is 2.29 bits per heavy atom. The van der Waals surface area contributed by atoms with Gasteiger partial charge in [-0.15, -0.1) is 11.3 Å². The van der Waals surface area contributed by atoms with E-state index in [0.29, 0.717) is 28.2 Å². The van der Waals surface area contributed by atoms with Crippen molar-refractivity contribution in [2.45, 2.75) is 6.92 Å². The van der Waals surface area contributed by atoms with E-state index in [1.54, 1.807) is 43.3 Å². The number of rotatable bonds is 6. The number of aromatic nitrogens is 1. The summed E-state index contributed by atoms with van der Waals surface area (Å²) in [6.07, 6.45) is 1.67. The molecule has 7 heteroatoms. The minimum Gasteiger partial charge on any atom is -0.497 e. The molecule has 0 N–H and O–H groups in total. The van der Waals surface area contributed by atoms with Gasteiger partial charge in [0.15, 0.2) is 5.13 Å². The van der Waals surface area contributed by atoms with Crippen molar-refractivity contribution in [3.05, 3.63) is 34.8 Å². The van der Waals surface area contributed by atoms with E-state index < -0.39 is 0 Å². The van der Waals surface area contributed by atoms with Gasteiger partial charge in [-0.25, -0.2) is 4.98 Å². The second-order valence-corrected chi connectivity index (χ2v) is 5.30. The molecule has 0 fully saturated rings. The van der Waals surface area contributed by atoms with E-state index in [2.05, 4.69) is 4.98 Å². The molecule has 1 aromatic carbocycles. The number of hydrogen-bond donors (Lipinski definition) is 0. The summed E-state index contributed by atoms with van der Waals surface area (Å²) in [5, 5.41) is 3.01. The average Bonchev–Trinajstić information content (AvgIpc) is 3.00. The number of ether oxygens (including phenoxy) is 2. The van der Waals surface area contributed by atoms with Crippen LogP contribution in [-0.2, 0) is 9.53 Å². The molecule has 2 rings (SSSR count). The van der Waals surface area contributed by atoms with Crippen LogP contribution in [0.5, 0.6) is 5.75 Å². The van der Waals surface area contributed by atoms with Crippen LogP contribution in [-0.4, -0.2) is 31.2 Å². The summed E-state index contributed by atoms with van der Waals surface area (Å²) < 4.78 is 10.2. The Bertz CT molecular complexity index is 604. The smallest absolute Gasteiger partial charge is 0.326 e. The maximum Gasteiger partial charge on any atom is 0.326 e. The molecule has 0 radical (unpaired) electrons. The van der Waals surface area contributed by atoms with Crippen LogP contribution in [0.4, 0.5) is 10.8 Å². The maximum atomic E-state index is 11.8. The zero-order valence-corrected chi connectivity index (χ0v) is 13.3. The number of esters is 1. The van der Waals surface area contributed by atoms with Gasteiger partial charge in [0.05, 0.1) is 24.4 Å². The molecule has 1 aromatic heterocycles. The first kappa shape index (κ1) is 15.6. The number of carbonyl (C=O) groups excluding carboxylic acids is 1. The van der Waals surface area contributed by atoms with E-state index in [1.165, 1.54) is 11.3 Å². The summed E-state index contributed by atoms with van der Waals surface area (Å²) in [6.45, 7) is 2.13. The van der Waals surface area contributed by atoms with Crippen LogP contribution in [0, 0.1) is 0 Å². The van der Waals surface area contributed by atoms with Crippen LogP contribution in [0.25, 0.3) is 0 Å². The van der Waals surface area contributed by atoms with E-state index in [-0.39, 0.29) is 12.5 Å². The monoisotopic (exact) mass is 326 g/mol. The van der Waals surface area contributed by atoms with Crippen LogP contribution in [0.15, 0.2) is 29.8 Å². The molecule has 0 aliphatic heterocycles. The van der Waals surface area contributed by atoms with Crippen molar-refractivity contribution in [3.63, 3.8) is 0 Å². The van der Waals surface area contributed by atoms with E-state index in [4.69, 9.17) is 21.1 Å². The molecule has 0 saturated carbocycles. The number of carbonyl (C=O) groups is 1. The fraction of sp³-hybridized carbons (Fsp3) is 0.286. The standard InChI is InChI=1S/C14H15ClN2O3S/c1-3-20-13(18)9-17(14-16-6-7-21-14)12-8-10(19-2)4-5-11(12)15/h4-8H,3,9H2,1-2H3. The van der Waals surface area contributed by atoms with Crippen molar-refractivity contribution in [2.75, 3.05) is 25.2 Å². The van der Waals surface area contributed by atoms with Crippen molar-refractivity contribution in [3.8, 4) is 5.75 Å². The number of halogens is 1. The molecular formula is C14H15ClN2O3S. The first-order valence-corrected chi connectivity index (χ1v) is 7.57. The molecule has 0 unspecified atom stereocenters. The van der Waals surface area contributed by atoms with Gasteiger partial charge in [0.1, 0.15) is 12.3 Å². The normalized spacial score (nSPS) is 10.2. The molecule has 0 atom stereocenters. The second kappa shape index (κ2) is 7.28. The lowest BCUT2D eigenvalue weighted by Crippen LogP contribution is -2.27. The molecule has 0 amide bonds. The number of benzene rings is 1. The minimum atomic E-state index is -0.341. The van der Waals surface area contributed by atoms with Crippen LogP contribution in [0.2, 0.25) is 5.02 Å². The van der Waals surface area contributed by atoms with Gasteiger partial charge >= 0.3 is 5.97 Å². The Labute approximate surface area is 132 Å². The van der Waals surface area contributed by atoms with E-state index in [9.17, 15) is 4.79 Å². The molecule has 0 spiro atoms. The van der Waals surface area contributed by atoms with Crippen LogP contribution < -0.4 is 9.64 Å². The minimum absolute atomic E-state index is 0.0360. The highest BCUT2D eigenvalue weighted by atomic mass is 35.5. The average molecular weight is 327 g/mol. The first-order chi connectivity index (χ1) is 10.2. The second-order valence-electron chi connectivity index (χ2n) is 4.02. The molecule has 112 valence electrons. The lowest BCUT2D eigenvalue weighted by Gasteiger charge is -2.22. The molecule has 2 aromatic rings. The number of methoxy groups -OCH3 is 1. The van der Waals surface area contributed by atoms with E-state index in [1.807, 2.05) is 5.38 Å². The predicted molar refractivity (Wildman–Crippen MR) is 83.8 cm³/mol. The first-order valence-electron chi connectivity index (χ1n) is 6.32. The van der Waals surface area contributed by atoms with Gasteiger partial charge in [0.2, 0.25) is 0 Å². The van der Waals surface area contributed by atoms with Gasteiger partial charge < -0.3 is 14.4 Å². The molecule has 5 nitrogen and oxygen atoms in total. The highest BCUT2D eigenvalue weighted by molar-refractivity contribution is 7.13. The van der Waals surface area contributed by atoms with E-state index >= 15 is 0 Å². The van der Waals surface area contributed by atoms with Gasteiger partial charge in [-0.05, 0) is 19.1 Å². The summed E-state index contributed by atoms with van der Waals surface area (Å²) in [4.78, 5) is 17.8. The van der Waals surface area contributed by atoms with Crippen LogP contribution in [0.3, 0.4) is 0 Å². The van der Waals surface area contributed by atoms with Crippen molar-refractivity contribution in [1.29, 1.82) is 0 Å². The van der Waals surface area contributed by atoms with Gasteiger partial charge in [-0.3, -0.25) is 4.79 Å². The molecule has 1 heterocycles. The number of anilines is 2. The van der Waals surface area contributed by atoms with Crippen LogP contribution in [0.1, 0.15) is 6.92 Å². The topological polar surface area (TPSA) is 51.7 Å². The summed E-state index contributed by atoms with van der Waals surface area (Å²) in [5.41, 5.74) is 0.652. The third-order valence-electron chi connectivity index (χ3n) is 2.69. The van der Waals surface area contributed by atoms with E-state index in [0.717, 1.165) is 0 Å². The Morgan fingerprint density at radius 1 is 1.48 bits per heavy atom. The van der Waals surface area contributed by atoms with Crippen molar-refractivity contribution < 1.29 is 14.3 Å². The Morgan fingerprint density at radius 3 is 2.90 bits per heavy atom. The summed E-state index contributed by atoms with van der Waals surface area (Å²) in [7, 11) is 1.58. The highest BCUT2D eigenvalue weighted by Crippen LogP contribution is 2.35. The summed E-state index contributed by atoms with van der Waals surface area (Å²) in [6, 6.07) is 5.25. The van der Waals surface area contributed by atoms with Gasteiger partial charge in [-0.1, -0.05) is 11.6 Å². The largest absolute Gasteiger partial charge is 0.497 e. The molecule has 0 aliphatic carbocycles. The van der Waals surface area contributed by atoms with Gasteiger partial charge in [-0.2, -0.15) is 0 Å². The van der Waals surface area contributed by atoms with Gasteiger partial charge in [0.25, 0.3) is 0 Å².